The van der Waals surface area contributed by atoms with E-state index in [1.54, 1.807) is 7.11 Å². The number of nitrogens with zero attached hydrogens (tertiary/aromatic N) is 1. The number of primary amides is 1. The van der Waals surface area contributed by atoms with Crippen LogP contribution in [0, 0.1) is 0 Å². The summed E-state index contributed by atoms with van der Waals surface area (Å²) in [6.45, 7) is 0.486. The molecule has 0 radical (unpaired) electrons. The summed E-state index contributed by atoms with van der Waals surface area (Å²) in [7, 11) is 1.60. The molecule has 0 atom stereocenters. The lowest BCUT2D eigenvalue weighted by molar-refractivity contribution is 0.0702. The maximum absolute atomic E-state index is 11.6. The molecule has 0 aliphatic rings. The predicted octanol–water partition coefficient (Wildman–Crippen LogP) is 2.71. The fourth-order valence-electron chi connectivity index (χ4n) is 2.38. The molecule has 0 saturated carbocycles. The summed E-state index contributed by atoms with van der Waals surface area (Å²) in [5.41, 5.74) is 6.57. The molecule has 8 heteroatoms. The normalized spacial score (nSPS) is 10.6. The number of ether oxygens (including phenoxy) is 1. The highest BCUT2D eigenvalue weighted by Gasteiger charge is 2.17. The summed E-state index contributed by atoms with van der Waals surface area (Å²) in [6.07, 6.45) is 1.36. The Hall–Kier alpha value is -3.13. The van der Waals surface area contributed by atoms with Gasteiger partial charge in [-0.25, -0.2) is 9.78 Å². The smallest absolute Gasteiger partial charge is 0.345 e. The van der Waals surface area contributed by atoms with Crippen molar-refractivity contribution < 1.29 is 19.4 Å². The molecule has 1 aromatic carbocycles. The number of anilines is 1. The van der Waals surface area contributed by atoms with Crippen LogP contribution in [0.3, 0.4) is 0 Å². The number of aromatic nitrogens is 1. The minimum Gasteiger partial charge on any atom is -0.497 e. The molecular formula is C17H15N3O4S. The Labute approximate surface area is 147 Å². The third kappa shape index (κ3) is 3.38. The van der Waals surface area contributed by atoms with Gasteiger partial charge in [0.1, 0.15) is 16.4 Å². The second kappa shape index (κ2) is 6.78. The zero-order chi connectivity index (χ0) is 18.0. The highest BCUT2D eigenvalue weighted by Crippen LogP contribution is 2.33. The quantitative estimate of drug-likeness (QED) is 0.625. The lowest BCUT2D eigenvalue weighted by atomic mass is 10.2. The highest BCUT2D eigenvalue weighted by atomic mass is 32.1. The molecule has 2 heterocycles. The van der Waals surface area contributed by atoms with E-state index in [0.29, 0.717) is 22.4 Å². The van der Waals surface area contributed by atoms with Crippen LogP contribution in [0.4, 0.5) is 5.82 Å². The first-order valence-corrected chi connectivity index (χ1v) is 8.13. The molecule has 128 valence electrons. The van der Waals surface area contributed by atoms with Gasteiger partial charge in [-0.15, -0.1) is 11.3 Å². The summed E-state index contributed by atoms with van der Waals surface area (Å²) in [4.78, 5) is 27.1. The standard InChI is InChI=1S/C17H15N3O4S/c1-24-10-4-2-9(3-5-10)7-19-16-11-6-13(17(22)23)25-14(11)12(8-20-16)15(18)21/h2-6,8H,7H2,1H3,(H2,18,21)(H,19,20)(H,22,23). The van der Waals surface area contributed by atoms with Gasteiger partial charge in [-0.2, -0.15) is 0 Å². The zero-order valence-corrected chi connectivity index (χ0v) is 14.1. The molecule has 3 rings (SSSR count). The Morgan fingerprint density at radius 1 is 1.32 bits per heavy atom. The van der Waals surface area contributed by atoms with Crippen molar-refractivity contribution in [2.45, 2.75) is 6.54 Å². The summed E-state index contributed by atoms with van der Waals surface area (Å²) in [5, 5.41) is 12.9. The highest BCUT2D eigenvalue weighted by molar-refractivity contribution is 7.21. The van der Waals surface area contributed by atoms with Crippen molar-refractivity contribution in [1.29, 1.82) is 0 Å². The molecular weight excluding hydrogens is 342 g/mol. The lowest BCUT2D eigenvalue weighted by Gasteiger charge is -2.09. The average molecular weight is 357 g/mol. The number of carboxylic acids is 1. The number of carbonyl (C=O) groups is 2. The number of pyridine rings is 1. The third-order valence-corrected chi connectivity index (χ3v) is 4.81. The van der Waals surface area contributed by atoms with Gasteiger partial charge in [-0.05, 0) is 23.8 Å². The Bertz CT molecular complexity index is 950. The van der Waals surface area contributed by atoms with Gasteiger partial charge in [0.05, 0.1) is 17.4 Å². The molecule has 0 fully saturated rings. The van der Waals surface area contributed by atoms with Gasteiger partial charge >= 0.3 is 5.97 Å². The zero-order valence-electron chi connectivity index (χ0n) is 13.3. The monoisotopic (exact) mass is 357 g/mol. The van der Waals surface area contributed by atoms with Crippen LogP contribution in [0.1, 0.15) is 25.6 Å². The Kier molecular flexibility index (Phi) is 4.53. The van der Waals surface area contributed by atoms with Gasteiger partial charge in [0.25, 0.3) is 5.91 Å². The molecule has 3 aromatic rings. The second-order valence-corrected chi connectivity index (χ2v) is 6.30. The Morgan fingerprint density at radius 2 is 2.04 bits per heavy atom. The van der Waals surface area contributed by atoms with Gasteiger partial charge < -0.3 is 20.9 Å². The SMILES string of the molecule is COc1ccc(CNc2ncc(C(N)=O)c3sc(C(=O)O)cc23)cc1. The van der Waals surface area contributed by atoms with Crippen LogP contribution < -0.4 is 15.8 Å². The van der Waals surface area contributed by atoms with E-state index in [1.165, 1.54) is 12.3 Å². The summed E-state index contributed by atoms with van der Waals surface area (Å²) in [5.74, 6) is -0.436. The van der Waals surface area contributed by atoms with Gasteiger partial charge in [0.2, 0.25) is 0 Å². The number of amides is 1. The number of benzene rings is 1. The van der Waals surface area contributed by atoms with E-state index in [9.17, 15) is 14.7 Å². The van der Waals surface area contributed by atoms with Crippen molar-refractivity contribution in [1.82, 2.24) is 4.98 Å². The van der Waals surface area contributed by atoms with Crippen LogP contribution >= 0.6 is 11.3 Å². The van der Waals surface area contributed by atoms with Gasteiger partial charge in [0, 0.05) is 18.1 Å². The fourth-order valence-corrected chi connectivity index (χ4v) is 3.39. The summed E-state index contributed by atoms with van der Waals surface area (Å²) >= 11 is 1.00. The van der Waals surface area contributed by atoms with Crippen LogP contribution in [0.5, 0.6) is 5.75 Å². The van der Waals surface area contributed by atoms with E-state index in [4.69, 9.17) is 10.5 Å². The number of hydrogen-bond donors (Lipinski definition) is 3. The fraction of sp³-hybridized carbons (Fsp3) is 0.118. The number of thiophene rings is 1. The summed E-state index contributed by atoms with van der Waals surface area (Å²) in [6, 6.07) is 9.03. The summed E-state index contributed by atoms with van der Waals surface area (Å²) < 4.78 is 5.63. The number of nitrogens with two attached hydrogens (primary N) is 1. The predicted molar refractivity (Wildman–Crippen MR) is 95.4 cm³/mol. The molecule has 1 amide bonds. The van der Waals surface area contributed by atoms with E-state index >= 15 is 0 Å². The Morgan fingerprint density at radius 3 is 2.64 bits per heavy atom. The molecule has 0 spiro atoms. The van der Waals surface area contributed by atoms with Crippen LogP contribution in [0.15, 0.2) is 36.5 Å². The lowest BCUT2D eigenvalue weighted by Crippen LogP contribution is -2.12. The number of methoxy groups -OCH3 is 1. The molecule has 0 aliphatic carbocycles. The topological polar surface area (TPSA) is 115 Å². The molecule has 0 aliphatic heterocycles. The first-order chi connectivity index (χ1) is 12.0. The average Bonchev–Trinajstić information content (AvgIpc) is 3.05. The molecule has 4 N–H and O–H groups in total. The van der Waals surface area contributed by atoms with Crippen molar-refractivity contribution in [3.63, 3.8) is 0 Å². The van der Waals surface area contributed by atoms with Crippen LogP contribution in [0.2, 0.25) is 0 Å². The maximum Gasteiger partial charge on any atom is 0.345 e. The van der Waals surface area contributed by atoms with Crippen molar-refractivity contribution in [2.24, 2.45) is 5.73 Å². The number of carboxylic acid groups (broad SMARTS) is 1. The number of carbonyl (C=O) groups excluding carboxylic acids is 1. The van der Waals surface area contributed by atoms with E-state index in [0.717, 1.165) is 22.6 Å². The number of hydrogen-bond acceptors (Lipinski definition) is 6. The van der Waals surface area contributed by atoms with Crippen molar-refractivity contribution in [3.8, 4) is 5.75 Å². The van der Waals surface area contributed by atoms with E-state index in [-0.39, 0.29) is 10.4 Å². The van der Waals surface area contributed by atoms with Crippen LogP contribution in [-0.4, -0.2) is 29.1 Å². The second-order valence-electron chi connectivity index (χ2n) is 5.24. The van der Waals surface area contributed by atoms with E-state index in [1.807, 2.05) is 24.3 Å². The molecule has 0 unspecified atom stereocenters. The number of rotatable bonds is 6. The number of fused-ring (bicyclic) bond motifs is 1. The van der Waals surface area contributed by atoms with E-state index in [2.05, 4.69) is 10.3 Å². The van der Waals surface area contributed by atoms with Crippen molar-refractivity contribution >= 4 is 39.1 Å². The third-order valence-electron chi connectivity index (χ3n) is 3.65. The molecule has 0 bridgehead atoms. The minimum atomic E-state index is -1.06. The first kappa shape index (κ1) is 16.7. The number of aromatic carboxylic acids is 1. The van der Waals surface area contributed by atoms with E-state index < -0.39 is 11.9 Å². The van der Waals surface area contributed by atoms with Crippen molar-refractivity contribution in [3.05, 3.63) is 52.5 Å². The Balaban J connectivity index is 1.93. The van der Waals surface area contributed by atoms with Gasteiger partial charge in [0.15, 0.2) is 0 Å². The number of nitrogens with one attached hydrogen (secondary N) is 1. The molecule has 7 nitrogen and oxygen atoms in total. The maximum atomic E-state index is 11.6. The largest absolute Gasteiger partial charge is 0.497 e. The van der Waals surface area contributed by atoms with Crippen LogP contribution in [-0.2, 0) is 6.54 Å². The molecule has 2 aromatic heterocycles. The molecule has 0 saturated heterocycles. The first-order valence-electron chi connectivity index (χ1n) is 7.32. The minimum absolute atomic E-state index is 0.123. The van der Waals surface area contributed by atoms with Crippen molar-refractivity contribution in [2.75, 3.05) is 12.4 Å². The van der Waals surface area contributed by atoms with Gasteiger partial charge in [-0.3, -0.25) is 4.79 Å². The van der Waals surface area contributed by atoms with Crippen LogP contribution in [0.25, 0.3) is 10.1 Å². The molecule has 25 heavy (non-hydrogen) atoms. The van der Waals surface area contributed by atoms with Gasteiger partial charge in [-0.1, -0.05) is 12.1 Å².